The molecule has 1 aliphatic carbocycles. The smallest absolute Gasteiger partial charge is 0.253 e. The molecule has 5 N–H and O–H groups in total. The molecule has 1 fully saturated rings. The lowest BCUT2D eigenvalue weighted by Crippen LogP contribution is -2.42. The van der Waals surface area contributed by atoms with Gasteiger partial charge in [-0.05, 0) is 49.3 Å². The molecule has 0 spiro atoms. The number of nitrogen functional groups attached to an aromatic ring is 2. The summed E-state index contributed by atoms with van der Waals surface area (Å²) < 4.78 is 0. The minimum atomic E-state index is -0.0936. The molecule has 104 valence electrons. The summed E-state index contributed by atoms with van der Waals surface area (Å²) in [5.41, 5.74) is 13.0. The van der Waals surface area contributed by atoms with Gasteiger partial charge in [0, 0.05) is 17.4 Å². The summed E-state index contributed by atoms with van der Waals surface area (Å²) >= 11 is 0. The van der Waals surface area contributed by atoms with Crippen molar-refractivity contribution >= 4 is 17.3 Å². The van der Waals surface area contributed by atoms with Gasteiger partial charge in [0.1, 0.15) is 0 Å². The van der Waals surface area contributed by atoms with E-state index in [4.69, 9.17) is 11.5 Å². The first-order valence-electron chi connectivity index (χ1n) is 6.93. The number of carbonyl (C=O) groups excluding carboxylic acids is 1. The van der Waals surface area contributed by atoms with Gasteiger partial charge in [0.25, 0.3) is 5.91 Å². The summed E-state index contributed by atoms with van der Waals surface area (Å²) in [4.78, 5) is 12.2. The van der Waals surface area contributed by atoms with E-state index in [0.29, 0.717) is 22.9 Å². The van der Waals surface area contributed by atoms with Gasteiger partial charge in [0.15, 0.2) is 0 Å². The fourth-order valence-corrected chi connectivity index (χ4v) is 2.91. The first kappa shape index (κ1) is 13.7. The van der Waals surface area contributed by atoms with E-state index in [9.17, 15) is 4.79 Å². The Kier molecular flexibility index (Phi) is 3.98. The highest BCUT2D eigenvalue weighted by Gasteiger charge is 2.27. The molecule has 0 radical (unpaired) electrons. The van der Waals surface area contributed by atoms with Crippen molar-refractivity contribution in [3.8, 4) is 0 Å². The van der Waals surface area contributed by atoms with Gasteiger partial charge in [-0.3, -0.25) is 4.79 Å². The number of carbonyl (C=O) groups is 1. The van der Waals surface area contributed by atoms with Gasteiger partial charge in [0.05, 0.1) is 5.56 Å². The van der Waals surface area contributed by atoms with Gasteiger partial charge in [0.2, 0.25) is 0 Å². The van der Waals surface area contributed by atoms with Crippen LogP contribution in [0.1, 0.15) is 43.5 Å². The van der Waals surface area contributed by atoms with E-state index in [2.05, 4.69) is 19.2 Å². The third kappa shape index (κ3) is 3.19. The highest BCUT2D eigenvalue weighted by molar-refractivity contribution is 5.99. The van der Waals surface area contributed by atoms with Crippen LogP contribution in [0, 0.1) is 11.8 Å². The molecule has 1 amide bonds. The first-order chi connectivity index (χ1) is 8.97. The van der Waals surface area contributed by atoms with Crippen LogP contribution in [0.3, 0.4) is 0 Å². The summed E-state index contributed by atoms with van der Waals surface area (Å²) in [6.45, 7) is 4.47. The predicted octanol–water partition coefficient (Wildman–Crippen LogP) is 2.41. The highest BCUT2D eigenvalue weighted by Crippen LogP contribution is 2.29. The zero-order chi connectivity index (χ0) is 14.0. The summed E-state index contributed by atoms with van der Waals surface area (Å²) in [6, 6.07) is 5.27. The van der Waals surface area contributed by atoms with Crippen molar-refractivity contribution in [2.45, 2.75) is 39.2 Å². The molecule has 0 bridgehead atoms. The number of nitrogens with two attached hydrogens (primary N) is 2. The molecule has 1 aromatic carbocycles. The molecule has 1 aliphatic rings. The van der Waals surface area contributed by atoms with Gasteiger partial charge in [-0.2, -0.15) is 0 Å². The van der Waals surface area contributed by atoms with Crippen LogP contribution >= 0.6 is 0 Å². The summed E-state index contributed by atoms with van der Waals surface area (Å²) in [6.07, 6.45) is 3.39. The van der Waals surface area contributed by atoms with E-state index in [-0.39, 0.29) is 11.9 Å². The molecular weight excluding hydrogens is 238 g/mol. The van der Waals surface area contributed by atoms with Crippen molar-refractivity contribution < 1.29 is 4.79 Å². The Hall–Kier alpha value is -1.71. The third-order valence-corrected chi connectivity index (χ3v) is 4.07. The van der Waals surface area contributed by atoms with Crippen molar-refractivity contribution in [3.05, 3.63) is 23.8 Å². The van der Waals surface area contributed by atoms with Crippen molar-refractivity contribution in [2.24, 2.45) is 11.8 Å². The fourth-order valence-electron chi connectivity index (χ4n) is 2.91. The van der Waals surface area contributed by atoms with Crippen molar-refractivity contribution in [1.82, 2.24) is 5.32 Å². The highest BCUT2D eigenvalue weighted by atomic mass is 16.1. The van der Waals surface area contributed by atoms with Crippen molar-refractivity contribution in [2.75, 3.05) is 11.5 Å². The topological polar surface area (TPSA) is 81.1 Å². The monoisotopic (exact) mass is 261 g/mol. The molecule has 4 heteroatoms. The summed E-state index contributed by atoms with van der Waals surface area (Å²) in [7, 11) is 0. The number of anilines is 2. The normalized spacial score (nSPS) is 26.9. The van der Waals surface area contributed by atoms with Gasteiger partial charge in [-0.25, -0.2) is 0 Å². The lowest BCUT2D eigenvalue weighted by molar-refractivity contribution is 0.0900. The molecule has 3 unspecified atom stereocenters. The second-order valence-electron chi connectivity index (χ2n) is 5.82. The second-order valence-corrected chi connectivity index (χ2v) is 5.82. The number of nitrogens with one attached hydrogen (secondary N) is 1. The molecule has 1 aromatic rings. The lowest BCUT2D eigenvalue weighted by Gasteiger charge is -2.33. The maximum atomic E-state index is 12.2. The molecular formula is C15H23N3O. The molecule has 0 heterocycles. The molecule has 0 aliphatic heterocycles. The van der Waals surface area contributed by atoms with Crippen LogP contribution < -0.4 is 16.8 Å². The minimum Gasteiger partial charge on any atom is -0.399 e. The van der Waals surface area contributed by atoms with Crippen LogP contribution in [-0.2, 0) is 0 Å². The predicted molar refractivity (Wildman–Crippen MR) is 78.7 cm³/mol. The van der Waals surface area contributed by atoms with Gasteiger partial charge in [-0.1, -0.05) is 13.8 Å². The number of hydrogen-bond acceptors (Lipinski definition) is 3. The molecule has 1 saturated carbocycles. The maximum absolute atomic E-state index is 12.2. The second kappa shape index (κ2) is 5.51. The SMILES string of the molecule is CC1CCC(NC(=O)c2ccc(N)cc2N)C(C)C1. The van der Waals surface area contributed by atoms with Gasteiger partial charge in [-0.15, -0.1) is 0 Å². The summed E-state index contributed by atoms with van der Waals surface area (Å²) in [5.74, 6) is 1.18. The van der Waals surface area contributed by atoms with Crippen molar-refractivity contribution in [3.63, 3.8) is 0 Å². The minimum absolute atomic E-state index is 0.0936. The van der Waals surface area contributed by atoms with E-state index >= 15 is 0 Å². The summed E-state index contributed by atoms with van der Waals surface area (Å²) in [5, 5.41) is 3.11. The molecule has 0 saturated heterocycles. The van der Waals surface area contributed by atoms with E-state index in [1.807, 2.05) is 0 Å². The van der Waals surface area contributed by atoms with E-state index in [0.717, 1.165) is 12.3 Å². The number of amides is 1. The van der Waals surface area contributed by atoms with Gasteiger partial charge < -0.3 is 16.8 Å². The quantitative estimate of drug-likeness (QED) is 0.715. The average Bonchev–Trinajstić information content (AvgIpc) is 2.32. The molecule has 0 aromatic heterocycles. The van der Waals surface area contributed by atoms with E-state index in [1.165, 1.54) is 12.8 Å². The Balaban J connectivity index is 2.04. The Bertz CT molecular complexity index is 472. The van der Waals surface area contributed by atoms with Crippen LogP contribution in [0.5, 0.6) is 0 Å². The fraction of sp³-hybridized carbons (Fsp3) is 0.533. The Morgan fingerprint density at radius 1 is 1.26 bits per heavy atom. The van der Waals surface area contributed by atoms with Gasteiger partial charge >= 0.3 is 0 Å². The maximum Gasteiger partial charge on any atom is 0.253 e. The largest absolute Gasteiger partial charge is 0.399 e. The zero-order valence-corrected chi connectivity index (χ0v) is 11.6. The Morgan fingerprint density at radius 3 is 2.63 bits per heavy atom. The van der Waals surface area contributed by atoms with Crippen LogP contribution in [0.25, 0.3) is 0 Å². The number of rotatable bonds is 2. The van der Waals surface area contributed by atoms with Crippen molar-refractivity contribution in [1.29, 1.82) is 0 Å². The van der Waals surface area contributed by atoms with E-state index < -0.39 is 0 Å². The Morgan fingerprint density at radius 2 is 2.00 bits per heavy atom. The van der Waals surface area contributed by atoms with Crippen LogP contribution in [0.15, 0.2) is 18.2 Å². The molecule has 4 nitrogen and oxygen atoms in total. The lowest BCUT2D eigenvalue weighted by atomic mass is 9.80. The Labute approximate surface area is 114 Å². The third-order valence-electron chi connectivity index (χ3n) is 4.07. The average molecular weight is 261 g/mol. The number of benzene rings is 1. The van der Waals surface area contributed by atoms with Crippen LogP contribution in [-0.4, -0.2) is 11.9 Å². The standard InChI is InChI=1S/C15H23N3O/c1-9-3-6-14(10(2)7-9)18-15(19)12-5-4-11(16)8-13(12)17/h4-5,8-10,14H,3,6-7,16-17H2,1-2H3,(H,18,19). The molecule has 3 atom stereocenters. The molecule has 2 rings (SSSR count). The van der Waals surface area contributed by atoms with Crippen LogP contribution in [0.4, 0.5) is 11.4 Å². The first-order valence-corrected chi connectivity index (χ1v) is 6.93. The molecule has 19 heavy (non-hydrogen) atoms. The van der Waals surface area contributed by atoms with E-state index in [1.54, 1.807) is 18.2 Å². The number of hydrogen-bond donors (Lipinski definition) is 3. The van der Waals surface area contributed by atoms with Crippen LogP contribution in [0.2, 0.25) is 0 Å². The zero-order valence-electron chi connectivity index (χ0n) is 11.6.